The molecule has 1 saturated carbocycles. The van der Waals surface area contributed by atoms with Gasteiger partial charge in [-0.05, 0) is 55.7 Å². The molecule has 0 radical (unpaired) electrons. The summed E-state index contributed by atoms with van der Waals surface area (Å²) in [5, 5.41) is 0. The van der Waals surface area contributed by atoms with Crippen molar-refractivity contribution in [3.63, 3.8) is 0 Å². The number of terminal acetylenes is 1. The third kappa shape index (κ3) is 4.88. The average molecular weight is 444 g/mol. The second-order valence-electron chi connectivity index (χ2n) is 5.69. The van der Waals surface area contributed by atoms with E-state index < -0.39 is 24.2 Å². The molecule has 0 heterocycles. The van der Waals surface area contributed by atoms with Crippen LogP contribution in [-0.2, 0) is 9.53 Å². The summed E-state index contributed by atoms with van der Waals surface area (Å²) in [6.07, 6.45) is 1.23. The van der Waals surface area contributed by atoms with Crippen LogP contribution in [0.5, 0.6) is 0 Å². The predicted octanol–water partition coefficient (Wildman–Crippen LogP) is 4.94. The van der Waals surface area contributed by atoms with E-state index in [4.69, 9.17) is 11.2 Å². The van der Waals surface area contributed by atoms with Crippen LogP contribution in [0, 0.1) is 29.6 Å². The van der Waals surface area contributed by atoms with Crippen molar-refractivity contribution in [2.45, 2.75) is 33.1 Å². The standard InChI is InChI=1S/C15H15Br2F3O2/c1-5-10(8(2)7-15(18,19)20)22-13(21)12-9(6-11(16)17)14(12,3)4/h1,6-7,9-10,12H,2-4H3. The molecule has 0 aromatic carbocycles. The summed E-state index contributed by atoms with van der Waals surface area (Å²) in [6, 6.07) is 0. The van der Waals surface area contributed by atoms with E-state index in [9.17, 15) is 18.0 Å². The first-order chi connectivity index (χ1) is 9.90. The highest BCUT2D eigenvalue weighted by molar-refractivity contribution is 9.28. The Morgan fingerprint density at radius 1 is 1.41 bits per heavy atom. The van der Waals surface area contributed by atoms with Gasteiger partial charge in [0.05, 0.1) is 9.31 Å². The lowest BCUT2D eigenvalue weighted by Gasteiger charge is -2.14. The molecule has 1 fully saturated rings. The van der Waals surface area contributed by atoms with Crippen LogP contribution < -0.4 is 0 Å². The Morgan fingerprint density at radius 2 is 1.95 bits per heavy atom. The molecule has 22 heavy (non-hydrogen) atoms. The van der Waals surface area contributed by atoms with Gasteiger partial charge in [-0.3, -0.25) is 4.79 Å². The molecule has 3 unspecified atom stereocenters. The number of rotatable bonds is 4. The first kappa shape index (κ1) is 19.3. The highest BCUT2D eigenvalue weighted by atomic mass is 79.9. The van der Waals surface area contributed by atoms with Gasteiger partial charge in [0.15, 0.2) is 6.10 Å². The van der Waals surface area contributed by atoms with Crippen molar-refractivity contribution in [2.24, 2.45) is 17.3 Å². The molecule has 3 atom stereocenters. The zero-order valence-electron chi connectivity index (χ0n) is 12.2. The quantitative estimate of drug-likeness (QED) is 0.349. The molecule has 0 aliphatic heterocycles. The van der Waals surface area contributed by atoms with Crippen LogP contribution in [0.25, 0.3) is 0 Å². The van der Waals surface area contributed by atoms with Gasteiger partial charge in [-0.2, -0.15) is 13.2 Å². The molecule has 0 bridgehead atoms. The number of carbonyl (C=O) groups is 1. The Morgan fingerprint density at radius 3 is 2.36 bits per heavy atom. The van der Waals surface area contributed by atoms with Crippen molar-refractivity contribution in [1.29, 1.82) is 0 Å². The predicted molar refractivity (Wildman–Crippen MR) is 85.2 cm³/mol. The molecule has 0 amide bonds. The summed E-state index contributed by atoms with van der Waals surface area (Å²) in [4.78, 5) is 12.2. The van der Waals surface area contributed by atoms with Crippen LogP contribution >= 0.6 is 31.9 Å². The third-order valence-corrected chi connectivity index (χ3v) is 4.19. The number of hydrogen-bond donors (Lipinski definition) is 0. The van der Waals surface area contributed by atoms with Crippen molar-refractivity contribution >= 4 is 37.8 Å². The second-order valence-corrected chi connectivity index (χ2v) is 8.47. The van der Waals surface area contributed by atoms with E-state index in [1.165, 1.54) is 6.92 Å². The van der Waals surface area contributed by atoms with Gasteiger partial charge < -0.3 is 4.74 Å². The van der Waals surface area contributed by atoms with E-state index in [1.54, 1.807) is 0 Å². The molecule has 7 heteroatoms. The number of ether oxygens (including phenoxy) is 1. The van der Waals surface area contributed by atoms with Crippen molar-refractivity contribution in [1.82, 2.24) is 0 Å². The van der Waals surface area contributed by atoms with Crippen LogP contribution in [0.2, 0.25) is 0 Å². The molecule has 0 aromatic rings. The normalized spacial score (nSPS) is 25.0. The van der Waals surface area contributed by atoms with Crippen molar-refractivity contribution in [2.75, 3.05) is 0 Å². The molecule has 0 aromatic heterocycles. The molecule has 122 valence electrons. The molecule has 1 aliphatic rings. The lowest BCUT2D eigenvalue weighted by Crippen LogP contribution is -2.22. The van der Waals surface area contributed by atoms with Crippen molar-refractivity contribution in [3.8, 4) is 12.3 Å². The lowest BCUT2D eigenvalue weighted by atomic mass is 10.1. The van der Waals surface area contributed by atoms with Crippen molar-refractivity contribution in [3.05, 3.63) is 21.1 Å². The van der Waals surface area contributed by atoms with Gasteiger partial charge >= 0.3 is 12.1 Å². The number of allylic oxidation sites excluding steroid dienone is 2. The molecule has 0 N–H and O–H groups in total. The summed E-state index contributed by atoms with van der Waals surface area (Å²) >= 11 is 6.45. The van der Waals surface area contributed by atoms with Gasteiger partial charge in [0.2, 0.25) is 0 Å². The number of halogens is 5. The summed E-state index contributed by atoms with van der Waals surface area (Å²) < 4.78 is 42.8. The number of hydrogen-bond acceptors (Lipinski definition) is 2. The van der Waals surface area contributed by atoms with Crippen LogP contribution in [-0.4, -0.2) is 18.2 Å². The summed E-state index contributed by atoms with van der Waals surface area (Å²) in [5.74, 6) is 0.975. The number of esters is 1. The fourth-order valence-electron chi connectivity index (χ4n) is 2.36. The topological polar surface area (TPSA) is 26.3 Å². The maximum Gasteiger partial charge on any atom is 0.409 e. The minimum atomic E-state index is -4.50. The van der Waals surface area contributed by atoms with Crippen molar-refractivity contribution < 1.29 is 22.7 Å². The maximum atomic E-state index is 12.3. The SMILES string of the molecule is C#CC(OC(=O)C1C(C=C(Br)Br)C1(C)C)C(C)=CC(F)(F)F. The monoisotopic (exact) mass is 442 g/mol. The summed E-state index contributed by atoms with van der Waals surface area (Å²) in [5.41, 5.74) is -0.555. The zero-order chi connectivity index (χ0) is 17.3. The van der Waals surface area contributed by atoms with E-state index in [0.717, 1.165) is 0 Å². The number of carbonyl (C=O) groups excluding carboxylic acids is 1. The lowest BCUT2D eigenvalue weighted by molar-refractivity contribution is -0.148. The molecule has 0 spiro atoms. The Kier molecular flexibility index (Phi) is 5.96. The van der Waals surface area contributed by atoms with Gasteiger partial charge in [-0.1, -0.05) is 25.8 Å². The molecular formula is C15H15Br2F3O2. The zero-order valence-corrected chi connectivity index (χ0v) is 15.3. The Balaban J connectivity index is 2.82. The summed E-state index contributed by atoms with van der Waals surface area (Å²) in [6.45, 7) is 4.95. The van der Waals surface area contributed by atoms with E-state index in [-0.39, 0.29) is 23.0 Å². The van der Waals surface area contributed by atoms with Gasteiger partial charge in [0, 0.05) is 6.08 Å². The van der Waals surface area contributed by atoms with Crippen LogP contribution in [0.3, 0.4) is 0 Å². The highest BCUT2D eigenvalue weighted by Gasteiger charge is 2.61. The molecule has 2 nitrogen and oxygen atoms in total. The van der Waals surface area contributed by atoms with E-state index >= 15 is 0 Å². The minimum absolute atomic E-state index is 0.0509. The van der Waals surface area contributed by atoms with E-state index in [1.807, 2.05) is 19.9 Å². The molecule has 1 aliphatic carbocycles. The Labute approximate surface area is 144 Å². The Hall–Kier alpha value is -0.740. The highest BCUT2D eigenvalue weighted by Crippen LogP contribution is 2.60. The Bertz CT molecular complexity index is 552. The molecule has 0 saturated heterocycles. The molecular weight excluding hydrogens is 429 g/mol. The fraction of sp³-hybridized carbons (Fsp3) is 0.533. The average Bonchev–Trinajstić information content (AvgIpc) is 2.84. The van der Waals surface area contributed by atoms with E-state index in [2.05, 4.69) is 37.8 Å². The first-order valence-electron chi connectivity index (χ1n) is 6.35. The fourth-order valence-corrected chi connectivity index (χ4v) is 2.93. The minimum Gasteiger partial charge on any atom is -0.444 e. The first-order valence-corrected chi connectivity index (χ1v) is 7.94. The van der Waals surface area contributed by atoms with Gasteiger partial charge in [-0.25, -0.2) is 0 Å². The van der Waals surface area contributed by atoms with Gasteiger partial charge in [0.25, 0.3) is 0 Å². The van der Waals surface area contributed by atoms with Gasteiger partial charge in [-0.15, -0.1) is 6.42 Å². The maximum absolute atomic E-state index is 12.3. The van der Waals surface area contributed by atoms with Crippen LogP contribution in [0.4, 0.5) is 13.2 Å². The number of alkyl halides is 3. The second kappa shape index (κ2) is 6.79. The van der Waals surface area contributed by atoms with Crippen LogP contribution in [0.15, 0.2) is 21.1 Å². The largest absolute Gasteiger partial charge is 0.444 e. The van der Waals surface area contributed by atoms with Gasteiger partial charge in [0.1, 0.15) is 0 Å². The third-order valence-electron chi connectivity index (χ3n) is 3.66. The smallest absolute Gasteiger partial charge is 0.409 e. The molecule has 1 rings (SSSR count). The van der Waals surface area contributed by atoms with Crippen LogP contribution in [0.1, 0.15) is 20.8 Å². The summed E-state index contributed by atoms with van der Waals surface area (Å²) in [7, 11) is 0. The van der Waals surface area contributed by atoms with E-state index in [0.29, 0.717) is 3.39 Å².